The van der Waals surface area contributed by atoms with Crippen LogP contribution in [0, 0.1) is 18.6 Å². The number of aromatic nitrogens is 4. The van der Waals surface area contributed by atoms with Crippen LogP contribution in [0.4, 0.5) is 26.1 Å². The summed E-state index contributed by atoms with van der Waals surface area (Å²) in [6.07, 6.45) is 0. The molecule has 0 fully saturated rings. The number of nitrogens with two attached hydrogens (primary N) is 1. The Hall–Kier alpha value is -4.28. The number of nitrogen functional groups attached to an aromatic ring is 1. The summed E-state index contributed by atoms with van der Waals surface area (Å²) in [5, 5.41) is 14.0. The summed E-state index contributed by atoms with van der Waals surface area (Å²) in [5.41, 5.74) is 8.54. The zero-order valence-electron chi connectivity index (χ0n) is 17.9. The molecule has 0 bridgehead atoms. The first-order valence-electron chi connectivity index (χ1n) is 10.1. The molecule has 33 heavy (non-hydrogen) atoms. The third-order valence-electron chi connectivity index (χ3n) is 4.86. The van der Waals surface area contributed by atoms with E-state index in [1.807, 2.05) is 38.1 Å². The number of anilines is 3. The van der Waals surface area contributed by atoms with Crippen LogP contribution in [-0.4, -0.2) is 32.4 Å². The number of nitrogens with one attached hydrogen (secondary N) is 2. The predicted molar refractivity (Wildman–Crippen MR) is 119 cm³/mol. The smallest absolute Gasteiger partial charge is 0.265 e. The quantitative estimate of drug-likeness (QED) is 0.388. The van der Waals surface area contributed by atoms with Crippen molar-refractivity contribution in [2.45, 2.75) is 20.4 Å². The highest BCUT2D eigenvalue weighted by molar-refractivity contribution is 5.91. The highest BCUT2D eigenvalue weighted by atomic mass is 19.2. The lowest BCUT2D eigenvalue weighted by Crippen LogP contribution is -2.21. The lowest BCUT2D eigenvalue weighted by molar-refractivity contribution is -0.116. The van der Waals surface area contributed by atoms with Gasteiger partial charge < -0.3 is 20.9 Å². The number of carbonyl (C=O) groups is 1. The van der Waals surface area contributed by atoms with Crippen molar-refractivity contribution in [3.8, 4) is 22.8 Å². The van der Waals surface area contributed by atoms with Crippen LogP contribution in [-0.2, 0) is 11.3 Å². The van der Waals surface area contributed by atoms with E-state index in [-0.39, 0.29) is 23.9 Å². The van der Waals surface area contributed by atoms with Crippen LogP contribution < -0.4 is 16.4 Å². The van der Waals surface area contributed by atoms with Crippen LogP contribution in [0.5, 0.6) is 0 Å². The Labute approximate surface area is 187 Å². The molecule has 0 aliphatic rings. The first-order valence-corrected chi connectivity index (χ1v) is 10.1. The maximum absolute atomic E-state index is 13.4. The van der Waals surface area contributed by atoms with Gasteiger partial charge in [-0.15, -0.1) is 0 Å². The van der Waals surface area contributed by atoms with E-state index in [2.05, 4.69) is 25.9 Å². The maximum atomic E-state index is 13.4. The zero-order chi connectivity index (χ0) is 23.5. The molecular weight excluding hydrogens is 432 g/mol. The molecular formula is C22H21F2N7O2. The van der Waals surface area contributed by atoms with Gasteiger partial charge in [0, 0.05) is 23.9 Å². The van der Waals surface area contributed by atoms with Crippen molar-refractivity contribution in [1.82, 2.24) is 19.9 Å². The number of halogens is 2. The Kier molecular flexibility index (Phi) is 6.03. The SMILES string of the molecule is CCNc1nn(CC(=O)Nc2ccc(F)c(F)c2)c(N)c1-c1nc(-c2ccccc2C)no1. The molecule has 11 heteroatoms. The minimum Gasteiger partial charge on any atom is -0.383 e. The minimum atomic E-state index is -1.07. The van der Waals surface area contributed by atoms with Gasteiger partial charge in [0.1, 0.15) is 17.9 Å². The molecule has 2 aromatic heterocycles. The van der Waals surface area contributed by atoms with Crippen LogP contribution in [0.3, 0.4) is 0 Å². The van der Waals surface area contributed by atoms with Crippen LogP contribution in [0.15, 0.2) is 47.0 Å². The predicted octanol–water partition coefficient (Wildman–Crippen LogP) is 3.84. The van der Waals surface area contributed by atoms with Crippen LogP contribution in [0.2, 0.25) is 0 Å². The monoisotopic (exact) mass is 453 g/mol. The molecule has 4 N–H and O–H groups in total. The van der Waals surface area contributed by atoms with Crippen molar-refractivity contribution < 1.29 is 18.1 Å². The fourth-order valence-electron chi connectivity index (χ4n) is 3.27. The van der Waals surface area contributed by atoms with Gasteiger partial charge in [0.15, 0.2) is 17.5 Å². The average Bonchev–Trinajstić information content (AvgIpc) is 3.36. The molecule has 4 rings (SSSR count). The van der Waals surface area contributed by atoms with Crippen molar-refractivity contribution >= 4 is 23.2 Å². The van der Waals surface area contributed by atoms with Crippen LogP contribution >= 0.6 is 0 Å². The van der Waals surface area contributed by atoms with Crippen molar-refractivity contribution in [2.75, 3.05) is 22.9 Å². The first kappa shape index (κ1) is 21.9. The van der Waals surface area contributed by atoms with Gasteiger partial charge in [-0.3, -0.25) is 4.79 Å². The molecule has 9 nitrogen and oxygen atoms in total. The highest BCUT2D eigenvalue weighted by Crippen LogP contribution is 2.34. The fraction of sp³-hybridized carbons (Fsp3) is 0.182. The molecule has 0 radical (unpaired) electrons. The minimum absolute atomic E-state index is 0.108. The summed E-state index contributed by atoms with van der Waals surface area (Å²) in [5.74, 6) is -1.56. The van der Waals surface area contributed by atoms with E-state index in [1.54, 1.807) is 0 Å². The summed E-state index contributed by atoms with van der Waals surface area (Å²) in [6.45, 7) is 4.07. The van der Waals surface area contributed by atoms with Gasteiger partial charge in [-0.05, 0) is 31.5 Å². The molecule has 0 atom stereocenters. The number of benzene rings is 2. The Morgan fingerprint density at radius 1 is 1.18 bits per heavy atom. The second-order valence-electron chi connectivity index (χ2n) is 7.21. The normalized spacial score (nSPS) is 10.9. The molecule has 0 aliphatic carbocycles. The Morgan fingerprint density at radius 3 is 2.70 bits per heavy atom. The number of hydrogen-bond donors (Lipinski definition) is 3. The van der Waals surface area contributed by atoms with Gasteiger partial charge in [-0.1, -0.05) is 29.4 Å². The first-order chi connectivity index (χ1) is 15.9. The van der Waals surface area contributed by atoms with E-state index in [0.29, 0.717) is 23.8 Å². The Morgan fingerprint density at radius 2 is 1.97 bits per heavy atom. The maximum Gasteiger partial charge on any atom is 0.265 e. The highest BCUT2D eigenvalue weighted by Gasteiger charge is 2.24. The van der Waals surface area contributed by atoms with Gasteiger partial charge in [0.2, 0.25) is 11.7 Å². The number of aryl methyl sites for hydroxylation is 1. The van der Waals surface area contributed by atoms with Crippen molar-refractivity contribution in [2.24, 2.45) is 0 Å². The summed E-state index contributed by atoms with van der Waals surface area (Å²) in [7, 11) is 0. The largest absolute Gasteiger partial charge is 0.383 e. The second kappa shape index (κ2) is 9.07. The molecule has 2 heterocycles. The third kappa shape index (κ3) is 4.52. The molecule has 2 aromatic carbocycles. The summed E-state index contributed by atoms with van der Waals surface area (Å²) in [4.78, 5) is 16.9. The fourth-order valence-corrected chi connectivity index (χ4v) is 3.27. The van der Waals surface area contributed by atoms with E-state index in [1.165, 1.54) is 10.7 Å². The molecule has 4 aromatic rings. The van der Waals surface area contributed by atoms with Crippen molar-refractivity contribution in [1.29, 1.82) is 0 Å². The lowest BCUT2D eigenvalue weighted by atomic mass is 10.1. The molecule has 0 spiro atoms. The average molecular weight is 453 g/mol. The summed E-state index contributed by atoms with van der Waals surface area (Å²) >= 11 is 0. The molecule has 0 saturated heterocycles. The number of amides is 1. The lowest BCUT2D eigenvalue weighted by Gasteiger charge is -2.07. The zero-order valence-corrected chi connectivity index (χ0v) is 17.9. The van der Waals surface area contributed by atoms with E-state index in [4.69, 9.17) is 10.3 Å². The van der Waals surface area contributed by atoms with Gasteiger partial charge in [-0.25, -0.2) is 13.5 Å². The molecule has 0 aliphatic heterocycles. The van der Waals surface area contributed by atoms with Crippen molar-refractivity contribution in [3.05, 3.63) is 59.7 Å². The number of carbonyl (C=O) groups excluding carboxylic acids is 1. The molecule has 0 unspecified atom stereocenters. The van der Waals surface area contributed by atoms with E-state index >= 15 is 0 Å². The number of nitrogens with zero attached hydrogens (tertiary/aromatic N) is 4. The third-order valence-corrected chi connectivity index (χ3v) is 4.86. The van der Waals surface area contributed by atoms with Gasteiger partial charge in [0.25, 0.3) is 5.89 Å². The molecule has 0 saturated carbocycles. The van der Waals surface area contributed by atoms with Gasteiger partial charge in [-0.2, -0.15) is 10.1 Å². The van der Waals surface area contributed by atoms with Crippen LogP contribution in [0.25, 0.3) is 22.8 Å². The Bertz CT molecular complexity index is 1320. The number of hydrogen-bond acceptors (Lipinski definition) is 7. The summed E-state index contributed by atoms with van der Waals surface area (Å²) < 4.78 is 33.2. The topological polar surface area (TPSA) is 124 Å². The second-order valence-corrected chi connectivity index (χ2v) is 7.21. The van der Waals surface area contributed by atoms with E-state index in [9.17, 15) is 13.6 Å². The van der Waals surface area contributed by atoms with Gasteiger partial charge in [0.05, 0.1) is 0 Å². The standard InChI is InChI=1S/C22H21F2N7O2/c1-3-26-21-18(22-28-20(30-33-22)14-7-5-4-6-12(14)2)19(25)31(29-21)11-17(32)27-13-8-9-15(23)16(24)10-13/h4-10H,3,11,25H2,1-2H3,(H,26,29)(H,27,32). The molecule has 170 valence electrons. The number of rotatable bonds is 7. The van der Waals surface area contributed by atoms with E-state index < -0.39 is 17.5 Å². The van der Waals surface area contributed by atoms with Gasteiger partial charge >= 0.3 is 0 Å². The van der Waals surface area contributed by atoms with Crippen LogP contribution in [0.1, 0.15) is 12.5 Å². The Balaban J connectivity index is 1.61. The van der Waals surface area contributed by atoms with E-state index in [0.717, 1.165) is 23.3 Å². The molecule has 1 amide bonds. The summed E-state index contributed by atoms with van der Waals surface area (Å²) in [6, 6.07) is 10.7. The van der Waals surface area contributed by atoms with Crippen molar-refractivity contribution in [3.63, 3.8) is 0 Å².